The maximum Gasteiger partial charge on any atom is 0.244 e. The standard InChI is InChI=1S/C13H16BrNO4/c1-18-11-8-9(7-10(14)13(11)19-2)3-4-12(17)15-5-6-16/h3-4,7-8,16H,5-6H2,1-2H3,(H,15,17)/b4-3+. The molecule has 0 unspecified atom stereocenters. The molecule has 1 aromatic carbocycles. The molecule has 2 N–H and O–H groups in total. The van der Waals surface area contributed by atoms with Crippen LogP contribution in [0.2, 0.25) is 0 Å². The third-order valence-electron chi connectivity index (χ3n) is 2.29. The van der Waals surface area contributed by atoms with Gasteiger partial charge in [0.05, 0.1) is 25.3 Å². The number of hydrogen-bond acceptors (Lipinski definition) is 4. The fraction of sp³-hybridized carbons (Fsp3) is 0.308. The largest absolute Gasteiger partial charge is 0.493 e. The second kappa shape index (κ2) is 7.81. The molecule has 104 valence electrons. The Hall–Kier alpha value is -1.53. The summed E-state index contributed by atoms with van der Waals surface area (Å²) in [5, 5.41) is 11.1. The molecule has 0 aliphatic carbocycles. The van der Waals surface area contributed by atoms with Crippen LogP contribution in [-0.2, 0) is 4.79 Å². The molecule has 1 aromatic rings. The Kier molecular flexibility index (Phi) is 6.38. The zero-order valence-electron chi connectivity index (χ0n) is 10.8. The lowest BCUT2D eigenvalue weighted by molar-refractivity contribution is -0.116. The van der Waals surface area contributed by atoms with Crippen molar-refractivity contribution in [2.75, 3.05) is 27.4 Å². The number of nitrogens with one attached hydrogen (secondary N) is 1. The van der Waals surface area contributed by atoms with E-state index in [9.17, 15) is 4.79 Å². The van der Waals surface area contributed by atoms with Crippen molar-refractivity contribution < 1.29 is 19.4 Å². The van der Waals surface area contributed by atoms with Crippen molar-refractivity contribution in [2.24, 2.45) is 0 Å². The Bertz CT molecular complexity index is 474. The molecule has 0 aliphatic heterocycles. The second-order valence-corrected chi connectivity index (χ2v) is 4.44. The van der Waals surface area contributed by atoms with Crippen LogP contribution in [0.15, 0.2) is 22.7 Å². The highest BCUT2D eigenvalue weighted by Crippen LogP contribution is 2.36. The molecule has 0 atom stereocenters. The normalized spacial score (nSPS) is 10.5. The number of amides is 1. The number of rotatable bonds is 6. The molecule has 0 radical (unpaired) electrons. The van der Waals surface area contributed by atoms with Gasteiger partial charge in [0.2, 0.25) is 5.91 Å². The molecule has 1 amide bonds. The average molecular weight is 330 g/mol. The summed E-state index contributed by atoms with van der Waals surface area (Å²) in [6, 6.07) is 3.58. The van der Waals surface area contributed by atoms with Crippen LogP contribution in [0.4, 0.5) is 0 Å². The molecule has 6 heteroatoms. The van der Waals surface area contributed by atoms with Gasteiger partial charge in [0.1, 0.15) is 0 Å². The molecular weight excluding hydrogens is 314 g/mol. The van der Waals surface area contributed by atoms with E-state index in [2.05, 4.69) is 21.2 Å². The van der Waals surface area contributed by atoms with Gasteiger partial charge in [-0.1, -0.05) is 0 Å². The average Bonchev–Trinajstić information content (AvgIpc) is 2.42. The monoisotopic (exact) mass is 329 g/mol. The van der Waals surface area contributed by atoms with Gasteiger partial charge in [-0.15, -0.1) is 0 Å². The minimum atomic E-state index is -0.264. The summed E-state index contributed by atoms with van der Waals surface area (Å²) in [6.45, 7) is 0.153. The lowest BCUT2D eigenvalue weighted by Crippen LogP contribution is -2.24. The Balaban J connectivity index is 2.87. The Morgan fingerprint density at radius 1 is 1.42 bits per heavy atom. The van der Waals surface area contributed by atoms with E-state index in [-0.39, 0.29) is 19.1 Å². The highest BCUT2D eigenvalue weighted by Gasteiger charge is 2.09. The fourth-order valence-corrected chi connectivity index (χ4v) is 2.07. The first-order chi connectivity index (χ1) is 9.12. The predicted octanol–water partition coefficient (Wildman–Crippen LogP) is 1.59. The molecule has 1 rings (SSSR count). The van der Waals surface area contributed by atoms with E-state index in [0.717, 1.165) is 10.0 Å². The van der Waals surface area contributed by atoms with Gasteiger partial charge in [-0.25, -0.2) is 0 Å². The lowest BCUT2D eigenvalue weighted by atomic mass is 10.2. The van der Waals surface area contributed by atoms with Gasteiger partial charge in [0, 0.05) is 12.6 Å². The van der Waals surface area contributed by atoms with Gasteiger partial charge in [-0.05, 0) is 39.7 Å². The van der Waals surface area contributed by atoms with Gasteiger partial charge >= 0.3 is 0 Å². The van der Waals surface area contributed by atoms with Crippen LogP contribution in [0.3, 0.4) is 0 Å². The SMILES string of the molecule is COc1cc(/C=C/C(=O)NCCO)cc(Br)c1OC. The summed E-state index contributed by atoms with van der Waals surface area (Å²) in [4.78, 5) is 11.4. The molecule has 0 saturated carbocycles. The molecular formula is C13H16BrNO4. The molecule has 19 heavy (non-hydrogen) atoms. The van der Waals surface area contributed by atoms with E-state index < -0.39 is 0 Å². The second-order valence-electron chi connectivity index (χ2n) is 3.59. The van der Waals surface area contributed by atoms with E-state index >= 15 is 0 Å². The summed E-state index contributed by atoms with van der Waals surface area (Å²) in [5.74, 6) is 0.914. The molecule has 0 heterocycles. The number of hydrogen-bond donors (Lipinski definition) is 2. The van der Waals surface area contributed by atoms with Gasteiger partial charge in [0.25, 0.3) is 0 Å². The summed E-state index contributed by atoms with van der Waals surface area (Å²) >= 11 is 3.38. The van der Waals surface area contributed by atoms with Gasteiger partial charge in [-0.2, -0.15) is 0 Å². The highest BCUT2D eigenvalue weighted by molar-refractivity contribution is 9.10. The minimum Gasteiger partial charge on any atom is -0.493 e. The van der Waals surface area contributed by atoms with E-state index in [1.807, 2.05) is 6.07 Å². The zero-order valence-corrected chi connectivity index (χ0v) is 12.4. The van der Waals surface area contributed by atoms with Crippen molar-refractivity contribution in [3.05, 3.63) is 28.2 Å². The van der Waals surface area contributed by atoms with E-state index in [4.69, 9.17) is 14.6 Å². The minimum absolute atomic E-state index is 0.0819. The highest BCUT2D eigenvalue weighted by atomic mass is 79.9. The van der Waals surface area contributed by atoms with Gasteiger partial charge < -0.3 is 19.9 Å². The number of benzene rings is 1. The molecule has 0 spiro atoms. The predicted molar refractivity (Wildman–Crippen MR) is 76.4 cm³/mol. The molecule has 0 saturated heterocycles. The molecule has 0 aromatic heterocycles. The quantitative estimate of drug-likeness (QED) is 0.778. The van der Waals surface area contributed by atoms with Crippen molar-refractivity contribution in [3.8, 4) is 11.5 Å². The maximum atomic E-state index is 11.4. The topological polar surface area (TPSA) is 67.8 Å². The zero-order chi connectivity index (χ0) is 14.3. The summed E-state index contributed by atoms with van der Waals surface area (Å²) < 4.78 is 11.1. The van der Waals surface area contributed by atoms with E-state index in [1.54, 1.807) is 26.4 Å². The van der Waals surface area contributed by atoms with E-state index in [1.165, 1.54) is 6.08 Å². The number of halogens is 1. The van der Waals surface area contributed by atoms with Crippen LogP contribution >= 0.6 is 15.9 Å². The van der Waals surface area contributed by atoms with Crippen molar-refractivity contribution in [3.63, 3.8) is 0 Å². The first kappa shape index (κ1) is 15.5. The molecule has 0 bridgehead atoms. The number of aliphatic hydroxyl groups excluding tert-OH is 1. The Morgan fingerprint density at radius 2 is 2.16 bits per heavy atom. The maximum absolute atomic E-state index is 11.4. The van der Waals surface area contributed by atoms with Gasteiger partial charge in [0.15, 0.2) is 11.5 Å². The Morgan fingerprint density at radius 3 is 2.74 bits per heavy atom. The van der Waals surface area contributed by atoms with Crippen molar-refractivity contribution in [1.82, 2.24) is 5.32 Å². The van der Waals surface area contributed by atoms with Crippen molar-refractivity contribution in [1.29, 1.82) is 0 Å². The van der Waals surface area contributed by atoms with E-state index in [0.29, 0.717) is 11.5 Å². The number of aliphatic hydroxyl groups is 1. The molecule has 0 fully saturated rings. The summed E-state index contributed by atoms with van der Waals surface area (Å²) in [5.41, 5.74) is 0.795. The van der Waals surface area contributed by atoms with Crippen LogP contribution in [0.1, 0.15) is 5.56 Å². The van der Waals surface area contributed by atoms with Crippen LogP contribution in [0, 0.1) is 0 Å². The first-order valence-electron chi connectivity index (χ1n) is 5.60. The summed E-state index contributed by atoms with van der Waals surface area (Å²) in [7, 11) is 3.10. The third kappa shape index (κ3) is 4.57. The first-order valence-corrected chi connectivity index (χ1v) is 6.40. The van der Waals surface area contributed by atoms with Crippen molar-refractivity contribution >= 4 is 27.9 Å². The number of carbonyl (C=O) groups excluding carboxylic acids is 1. The van der Waals surface area contributed by atoms with Crippen LogP contribution < -0.4 is 14.8 Å². The molecule has 5 nitrogen and oxygen atoms in total. The van der Waals surface area contributed by atoms with Crippen LogP contribution in [0.5, 0.6) is 11.5 Å². The third-order valence-corrected chi connectivity index (χ3v) is 2.88. The smallest absolute Gasteiger partial charge is 0.244 e. The summed E-state index contributed by atoms with van der Waals surface area (Å²) in [6.07, 6.45) is 3.04. The van der Waals surface area contributed by atoms with Gasteiger partial charge in [-0.3, -0.25) is 4.79 Å². The molecule has 0 aliphatic rings. The van der Waals surface area contributed by atoms with Crippen molar-refractivity contribution in [2.45, 2.75) is 0 Å². The lowest BCUT2D eigenvalue weighted by Gasteiger charge is -2.10. The Labute approximate surface area is 120 Å². The van der Waals surface area contributed by atoms with Crippen LogP contribution in [-0.4, -0.2) is 38.4 Å². The van der Waals surface area contributed by atoms with Crippen LogP contribution in [0.25, 0.3) is 6.08 Å². The number of methoxy groups -OCH3 is 2. The number of ether oxygens (including phenoxy) is 2. The number of carbonyl (C=O) groups is 1. The fourth-order valence-electron chi connectivity index (χ4n) is 1.44.